The molecule has 0 saturated carbocycles. The zero-order chi connectivity index (χ0) is 24.8. The smallest absolute Gasteiger partial charge is 0.307 e. The molecule has 0 aliphatic carbocycles. The van der Waals surface area contributed by atoms with E-state index in [0.29, 0.717) is 30.9 Å². The van der Waals surface area contributed by atoms with Crippen molar-refractivity contribution in [3.8, 4) is 0 Å². The molecule has 0 spiro atoms. The van der Waals surface area contributed by atoms with E-state index in [0.717, 1.165) is 31.5 Å². The zero-order valence-electron chi connectivity index (χ0n) is 20.3. The Labute approximate surface area is 227 Å². The standard InChI is InChI=1S/C25H31N5O5.2ClH/c31-23(22-14-28-19(13-29-22)10-21(25(34)35)17-5-7-27-12-17)30-18-3-1-2-15(8-18)9-20(24(32)33)16-4-6-26-11-16;;/h1-3,8,13-14,16-17,20-21,26-27H,4-7,9-12H2,(H,30,31)(H,32,33)(H,34,35);2*1H/t16-,17-,20-,21-;;/m0../s1. The highest BCUT2D eigenvalue weighted by atomic mass is 35.5. The zero-order valence-corrected chi connectivity index (χ0v) is 21.9. The van der Waals surface area contributed by atoms with Crippen molar-refractivity contribution in [2.24, 2.45) is 23.7 Å². The summed E-state index contributed by atoms with van der Waals surface area (Å²) in [5.41, 5.74) is 2.04. The summed E-state index contributed by atoms with van der Waals surface area (Å²) in [5.74, 6) is -2.99. The number of nitrogens with zero attached hydrogens (tertiary/aromatic N) is 2. The molecule has 10 nitrogen and oxygen atoms in total. The Kier molecular flexibility index (Phi) is 11.7. The third kappa shape index (κ3) is 8.10. The maximum Gasteiger partial charge on any atom is 0.307 e. The van der Waals surface area contributed by atoms with Crippen molar-refractivity contribution in [1.29, 1.82) is 0 Å². The summed E-state index contributed by atoms with van der Waals surface area (Å²) in [7, 11) is 0. The fourth-order valence-corrected chi connectivity index (χ4v) is 4.98. The Morgan fingerprint density at radius 1 is 0.919 bits per heavy atom. The first-order valence-electron chi connectivity index (χ1n) is 12.0. The number of hydrogen-bond acceptors (Lipinski definition) is 7. The summed E-state index contributed by atoms with van der Waals surface area (Å²) in [4.78, 5) is 44.7. The summed E-state index contributed by atoms with van der Waals surface area (Å²) in [6.45, 7) is 3.02. The van der Waals surface area contributed by atoms with Crippen LogP contribution in [0, 0.1) is 23.7 Å². The first-order valence-corrected chi connectivity index (χ1v) is 12.0. The number of halogens is 2. The van der Waals surface area contributed by atoms with Gasteiger partial charge in [-0.15, -0.1) is 24.8 Å². The number of rotatable bonds is 10. The van der Waals surface area contributed by atoms with E-state index in [1.807, 2.05) is 6.07 Å². The van der Waals surface area contributed by atoms with Crippen molar-refractivity contribution in [3.05, 3.63) is 53.6 Å². The molecule has 2 fully saturated rings. The molecular formula is C25H33Cl2N5O5. The van der Waals surface area contributed by atoms with Gasteiger partial charge in [-0.1, -0.05) is 12.1 Å². The van der Waals surface area contributed by atoms with Crippen LogP contribution >= 0.6 is 24.8 Å². The van der Waals surface area contributed by atoms with Crippen LogP contribution in [0.1, 0.15) is 34.6 Å². The van der Waals surface area contributed by atoms with E-state index in [4.69, 9.17) is 0 Å². The summed E-state index contributed by atoms with van der Waals surface area (Å²) < 4.78 is 0. The quantitative estimate of drug-likeness (QED) is 0.298. The van der Waals surface area contributed by atoms with Crippen molar-refractivity contribution in [3.63, 3.8) is 0 Å². The molecule has 12 heteroatoms. The van der Waals surface area contributed by atoms with E-state index in [9.17, 15) is 24.6 Å². The normalized spacial score (nSPS) is 20.2. The predicted molar refractivity (Wildman–Crippen MR) is 143 cm³/mol. The summed E-state index contributed by atoms with van der Waals surface area (Å²) >= 11 is 0. The van der Waals surface area contributed by atoms with Gasteiger partial charge in [0.25, 0.3) is 5.91 Å². The van der Waals surface area contributed by atoms with Gasteiger partial charge >= 0.3 is 11.9 Å². The lowest BCUT2D eigenvalue weighted by Crippen LogP contribution is -2.28. The number of nitrogens with one attached hydrogen (secondary N) is 3. The van der Waals surface area contributed by atoms with Gasteiger partial charge in [0, 0.05) is 18.3 Å². The third-order valence-corrected chi connectivity index (χ3v) is 6.98. The number of anilines is 1. The first kappa shape index (κ1) is 30.4. The summed E-state index contributed by atoms with van der Waals surface area (Å²) in [5, 5.41) is 28.5. The van der Waals surface area contributed by atoms with Crippen molar-refractivity contribution in [2.45, 2.75) is 25.7 Å². The minimum Gasteiger partial charge on any atom is -0.481 e. The Bertz CT molecular complexity index is 1060. The van der Waals surface area contributed by atoms with Gasteiger partial charge < -0.3 is 26.2 Å². The van der Waals surface area contributed by atoms with E-state index in [1.165, 1.54) is 12.4 Å². The van der Waals surface area contributed by atoms with Crippen LogP contribution in [0.15, 0.2) is 36.7 Å². The van der Waals surface area contributed by atoms with Gasteiger partial charge in [0.2, 0.25) is 0 Å². The maximum atomic E-state index is 12.7. The van der Waals surface area contributed by atoms with Crippen LogP contribution in [0.5, 0.6) is 0 Å². The first-order chi connectivity index (χ1) is 16.9. The van der Waals surface area contributed by atoms with Gasteiger partial charge in [-0.25, -0.2) is 4.98 Å². The molecule has 202 valence electrons. The fraction of sp³-hybridized carbons (Fsp3) is 0.480. The molecule has 2 aliphatic heterocycles. The fourth-order valence-electron chi connectivity index (χ4n) is 4.98. The lowest BCUT2D eigenvalue weighted by Gasteiger charge is -2.19. The van der Waals surface area contributed by atoms with Crippen molar-refractivity contribution in [1.82, 2.24) is 20.6 Å². The van der Waals surface area contributed by atoms with E-state index >= 15 is 0 Å². The summed E-state index contributed by atoms with van der Waals surface area (Å²) in [6, 6.07) is 7.17. The predicted octanol–water partition coefficient (Wildman–Crippen LogP) is 2.28. The van der Waals surface area contributed by atoms with Crippen LogP contribution < -0.4 is 16.0 Å². The monoisotopic (exact) mass is 553 g/mol. The SMILES string of the molecule is Cl.Cl.O=C(Nc1cccc(C[C@H](C(=O)O)[C@H]2CCNC2)c1)c1cnc(C[C@H](C(=O)O)[C@H]2CCNC2)cn1. The topological polar surface area (TPSA) is 154 Å². The molecule has 5 N–H and O–H groups in total. The van der Waals surface area contributed by atoms with Crippen molar-refractivity contribution in [2.75, 3.05) is 31.5 Å². The summed E-state index contributed by atoms with van der Waals surface area (Å²) in [6.07, 6.45) is 5.12. The number of carboxylic acids is 2. The number of amides is 1. The van der Waals surface area contributed by atoms with Gasteiger partial charge in [-0.3, -0.25) is 19.4 Å². The average molecular weight is 554 g/mol. The van der Waals surface area contributed by atoms with Crippen LogP contribution in [-0.2, 0) is 22.4 Å². The highest BCUT2D eigenvalue weighted by Gasteiger charge is 2.32. The molecular weight excluding hydrogens is 521 g/mol. The van der Waals surface area contributed by atoms with Gasteiger partial charge in [0.15, 0.2) is 0 Å². The minimum atomic E-state index is -0.850. The largest absolute Gasteiger partial charge is 0.481 e. The second-order valence-corrected chi connectivity index (χ2v) is 9.35. The van der Waals surface area contributed by atoms with Crippen molar-refractivity contribution < 1.29 is 24.6 Å². The highest BCUT2D eigenvalue weighted by molar-refractivity contribution is 6.02. The molecule has 2 saturated heterocycles. The Morgan fingerprint density at radius 2 is 1.54 bits per heavy atom. The van der Waals surface area contributed by atoms with E-state index < -0.39 is 29.7 Å². The average Bonchev–Trinajstić information content (AvgIpc) is 3.56. The number of carbonyl (C=O) groups is 3. The van der Waals surface area contributed by atoms with E-state index in [1.54, 1.807) is 18.2 Å². The van der Waals surface area contributed by atoms with Crippen molar-refractivity contribution >= 4 is 48.3 Å². The van der Waals surface area contributed by atoms with Gasteiger partial charge in [-0.2, -0.15) is 0 Å². The van der Waals surface area contributed by atoms with E-state index in [-0.39, 0.29) is 48.8 Å². The molecule has 0 bridgehead atoms. The molecule has 3 heterocycles. The number of aromatic nitrogens is 2. The maximum absolute atomic E-state index is 12.7. The molecule has 1 aromatic heterocycles. The Morgan fingerprint density at radius 3 is 2.05 bits per heavy atom. The van der Waals surface area contributed by atoms with Crippen LogP contribution in [0.25, 0.3) is 0 Å². The molecule has 2 aromatic rings. The number of benzene rings is 1. The second-order valence-electron chi connectivity index (χ2n) is 9.35. The van der Waals surface area contributed by atoms with Gasteiger partial charge in [0.1, 0.15) is 5.69 Å². The lowest BCUT2D eigenvalue weighted by molar-refractivity contribution is -0.144. The third-order valence-electron chi connectivity index (χ3n) is 6.98. The number of carboxylic acid groups (broad SMARTS) is 2. The molecule has 1 aromatic carbocycles. The van der Waals surface area contributed by atoms with Gasteiger partial charge in [0.05, 0.1) is 23.7 Å². The second kappa shape index (κ2) is 14.2. The van der Waals surface area contributed by atoms with Gasteiger partial charge in [-0.05, 0) is 75.0 Å². The number of hydrogen-bond donors (Lipinski definition) is 5. The molecule has 1 amide bonds. The van der Waals surface area contributed by atoms with Crippen LogP contribution in [0.2, 0.25) is 0 Å². The molecule has 4 atom stereocenters. The minimum absolute atomic E-state index is 0. The molecule has 0 radical (unpaired) electrons. The number of carbonyl (C=O) groups excluding carboxylic acids is 1. The number of aliphatic carboxylic acids is 2. The van der Waals surface area contributed by atoms with E-state index in [2.05, 4.69) is 25.9 Å². The molecule has 0 unspecified atom stereocenters. The Hall–Kier alpha value is -2.79. The molecule has 37 heavy (non-hydrogen) atoms. The van der Waals surface area contributed by atoms with Crippen LogP contribution in [0.3, 0.4) is 0 Å². The lowest BCUT2D eigenvalue weighted by atomic mass is 9.86. The molecule has 2 aliphatic rings. The molecule has 4 rings (SSSR count). The van der Waals surface area contributed by atoms with Crippen LogP contribution in [-0.4, -0.2) is 64.2 Å². The van der Waals surface area contributed by atoms with Crippen LogP contribution in [0.4, 0.5) is 5.69 Å². The Balaban J connectivity index is 0.00000241. The highest BCUT2D eigenvalue weighted by Crippen LogP contribution is 2.25.